The molecule has 5 rings (SSSR count). The number of rotatable bonds is 7. The van der Waals surface area contributed by atoms with E-state index in [1.165, 1.54) is 0 Å². The lowest BCUT2D eigenvalue weighted by Crippen LogP contribution is -2.38. The van der Waals surface area contributed by atoms with Gasteiger partial charge in [0.1, 0.15) is 5.69 Å². The van der Waals surface area contributed by atoms with Crippen molar-refractivity contribution < 1.29 is 9.59 Å². The lowest BCUT2D eigenvalue weighted by molar-refractivity contribution is -0.117. The molecule has 1 N–H and O–H groups in total. The third-order valence-electron chi connectivity index (χ3n) is 6.52. The van der Waals surface area contributed by atoms with E-state index in [1.807, 2.05) is 72.8 Å². The maximum Gasteiger partial charge on any atom is 0.270 e. The largest absolute Gasteiger partial charge is 0.352 e. The fourth-order valence-corrected chi connectivity index (χ4v) is 4.66. The van der Waals surface area contributed by atoms with E-state index in [9.17, 15) is 9.59 Å². The van der Waals surface area contributed by atoms with E-state index in [0.717, 1.165) is 34.0 Å². The third-order valence-corrected chi connectivity index (χ3v) is 6.77. The van der Waals surface area contributed by atoms with Gasteiger partial charge in [-0.1, -0.05) is 48.0 Å². The van der Waals surface area contributed by atoms with E-state index < -0.39 is 0 Å². The molecule has 7 heteroatoms. The van der Waals surface area contributed by atoms with E-state index in [0.29, 0.717) is 43.3 Å². The van der Waals surface area contributed by atoms with Gasteiger partial charge in [0.2, 0.25) is 5.91 Å². The summed E-state index contributed by atoms with van der Waals surface area (Å²) in [7, 11) is 0. The Labute approximate surface area is 215 Å². The van der Waals surface area contributed by atoms with Crippen LogP contribution in [0.15, 0.2) is 90.8 Å². The van der Waals surface area contributed by atoms with Crippen molar-refractivity contribution >= 4 is 34.3 Å². The first-order valence-corrected chi connectivity index (χ1v) is 12.4. The van der Waals surface area contributed by atoms with Crippen molar-refractivity contribution in [2.24, 2.45) is 0 Å². The van der Waals surface area contributed by atoms with E-state index >= 15 is 0 Å². The molecule has 0 bridgehead atoms. The van der Waals surface area contributed by atoms with Gasteiger partial charge in [0.05, 0.1) is 0 Å². The van der Waals surface area contributed by atoms with E-state index in [4.69, 9.17) is 11.6 Å². The average molecular weight is 499 g/mol. The number of hydrogen-bond donors (Lipinski definition) is 1. The molecule has 0 unspecified atom stereocenters. The molecule has 2 aromatic heterocycles. The fraction of sp³-hybridized carbons (Fsp3) is 0.207. The maximum atomic E-state index is 13.6. The molecule has 1 aliphatic heterocycles. The highest BCUT2D eigenvalue weighted by Crippen LogP contribution is 2.24. The summed E-state index contributed by atoms with van der Waals surface area (Å²) in [6.07, 6.45) is 6.66. The number of carbonyl (C=O) groups excluding carboxylic acids is 2. The van der Waals surface area contributed by atoms with E-state index in [1.54, 1.807) is 17.3 Å². The Morgan fingerprint density at radius 3 is 2.50 bits per heavy atom. The van der Waals surface area contributed by atoms with Gasteiger partial charge in [-0.15, -0.1) is 0 Å². The van der Waals surface area contributed by atoms with Gasteiger partial charge < -0.3 is 14.8 Å². The second kappa shape index (κ2) is 10.8. The van der Waals surface area contributed by atoms with Crippen molar-refractivity contribution in [3.8, 4) is 0 Å². The van der Waals surface area contributed by atoms with Crippen molar-refractivity contribution in [3.63, 3.8) is 0 Å². The van der Waals surface area contributed by atoms with Crippen molar-refractivity contribution in [1.29, 1.82) is 0 Å². The normalized spacial score (nSPS) is 13.5. The summed E-state index contributed by atoms with van der Waals surface area (Å²) in [6, 6.07) is 21.6. The monoisotopic (exact) mass is 498 g/mol. The molecule has 0 spiro atoms. The molecule has 0 saturated heterocycles. The second-order valence-corrected chi connectivity index (χ2v) is 9.33. The molecule has 0 saturated carbocycles. The van der Waals surface area contributed by atoms with E-state index in [2.05, 4.69) is 14.9 Å². The number of fused-ring (bicyclic) bond motifs is 1. The highest BCUT2D eigenvalue weighted by Gasteiger charge is 2.25. The summed E-state index contributed by atoms with van der Waals surface area (Å²) in [5.74, 6) is -0.0958. The van der Waals surface area contributed by atoms with Crippen molar-refractivity contribution in [1.82, 2.24) is 19.8 Å². The zero-order chi connectivity index (χ0) is 24.9. The number of halogens is 1. The van der Waals surface area contributed by atoms with Gasteiger partial charge in [-0.05, 0) is 60.4 Å². The van der Waals surface area contributed by atoms with Crippen LogP contribution in [0.25, 0.3) is 10.9 Å². The molecule has 182 valence electrons. The fourth-order valence-electron chi connectivity index (χ4n) is 4.54. The third kappa shape index (κ3) is 5.34. The van der Waals surface area contributed by atoms with Crippen LogP contribution in [0.1, 0.15) is 28.0 Å². The van der Waals surface area contributed by atoms with Crippen LogP contribution in [-0.4, -0.2) is 45.9 Å². The number of aromatic nitrogens is 2. The van der Waals surface area contributed by atoms with Crippen LogP contribution in [0.4, 0.5) is 0 Å². The molecule has 0 radical (unpaired) electrons. The van der Waals surface area contributed by atoms with Crippen LogP contribution in [0.2, 0.25) is 5.02 Å². The number of carbonyl (C=O) groups is 2. The predicted molar refractivity (Wildman–Crippen MR) is 142 cm³/mol. The van der Waals surface area contributed by atoms with E-state index in [-0.39, 0.29) is 11.8 Å². The van der Waals surface area contributed by atoms with Gasteiger partial charge in [0.15, 0.2) is 0 Å². The lowest BCUT2D eigenvalue weighted by atomic mass is 10.1. The molecule has 0 atom stereocenters. The quantitative estimate of drug-likeness (QED) is 0.395. The summed E-state index contributed by atoms with van der Waals surface area (Å²) in [4.78, 5) is 32.0. The summed E-state index contributed by atoms with van der Waals surface area (Å²) in [5, 5.41) is 4.70. The molecular formula is C29H27ClN4O2. The zero-order valence-electron chi connectivity index (χ0n) is 19.9. The minimum Gasteiger partial charge on any atom is -0.352 e. The number of amides is 2. The number of benzene rings is 2. The average Bonchev–Trinajstić information content (AvgIpc) is 3.28. The summed E-state index contributed by atoms with van der Waals surface area (Å²) in [5.41, 5.74) is 4.59. The Kier molecular flexibility index (Phi) is 7.14. The van der Waals surface area contributed by atoms with Crippen molar-refractivity contribution in [2.75, 3.05) is 19.6 Å². The number of nitrogens with zero attached hydrogens (tertiary/aromatic N) is 3. The first-order valence-electron chi connectivity index (χ1n) is 12.1. The van der Waals surface area contributed by atoms with Gasteiger partial charge in [-0.25, -0.2) is 0 Å². The highest BCUT2D eigenvalue weighted by molar-refractivity contribution is 6.30. The first-order chi connectivity index (χ1) is 17.6. The van der Waals surface area contributed by atoms with Crippen LogP contribution >= 0.6 is 11.6 Å². The van der Waals surface area contributed by atoms with Gasteiger partial charge in [0.25, 0.3) is 5.91 Å². The standard InChI is InChI=1S/C29H27ClN4O2/c30-25-7-5-22(6-8-25)20-34-26-4-2-1-3-24(26)19-27(34)29(36)33-17-12-23(13-18-33)28(35)32-16-11-21-9-14-31-15-10-21/h1-10,12,14-15,19H,11,13,16-18,20H2,(H,32,35). The zero-order valence-corrected chi connectivity index (χ0v) is 20.6. The Morgan fingerprint density at radius 1 is 0.972 bits per heavy atom. The molecule has 3 heterocycles. The summed E-state index contributed by atoms with van der Waals surface area (Å²) < 4.78 is 2.06. The number of nitrogens with one attached hydrogen (secondary N) is 1. The number of pyridine rings is 1. The first kappa shape index (κ1) is 23.8. The molecule has 0 aliphatic carbocycles. The minimum absolute atomic E-state index is 0.0337. The Bertz CT molecular complexity index is 1410. The lowest BCUT2D eigenvalue weighted by Gasteiger charge is -2.26. The van der Waals surface area contributed by atoms with Crippen molar-refractivity contribution in [2.45, 2.75) is 19.4 Å². The molecule has 2 aromatic carbocycles. The van der Waals surface area contributed by atoms with Crippen LogP contribution in [-0.2, 0) is 17.8 Å². The number of para-hydroxylation sites is 1. The Balaban J connectivity index is 1.27. The molecule has 0 fully saturated rings. The highest BCUT2D eigenvalue weighted by atomic mass is 35.5. The smallest absolute Gasteiger partial charge is 0.270 e. The predicted octanol–water partition coefficient (Wildman–Crippen LogP) is 4.87. The maximum absolute atomic E-state index is 13.6. The number of hydrogen-bond acceptors (Lipinski definition) is 3. The molecule has 6 nitrogen and oxygen atoms in total. The van der Waals surface area contributed by atoms with Crippen LogP contribution in [0.3, 0.4) is 0 Å². The second-order valence-electron chi connectivity index (χ2n) is 8.89. The van der Waals surface area contributed by atoms with Gasteiger partial charge in [0, 0.05) is 60.1 Å². The van der Waals surface area contributed by atoms with Gasteiger partial charge in [-0.2, -0.15) is 0 Å². The Hall–Kier alpha value is -3.90. The summed E-state index contributed by atoms with van der Waals surface area (Å²) in [6.45, 7) is 2.05. The van der Waals surface area contributed by atoms with Crippen molar-refractivity contribution in [3.05, 3.63) is 113 Å². The topological polar surface area (TPSA) is 67.2 Å². The SMILES string of the molecule is O=C(NCCc1ccncc1)C1=CCN(C(=O)c2cc3ccccc3n2Cc2ccc(Cl)cc2)CC1. The molecule has 36 heavy (non-hydrogen) atoms. The Morgan fingerprint density at radius 2 is 1.75 bits per heavy atom. The summed E-state index contributed by atoms with van der Waals surface area (Å²) >= 11 is 6.06. The van der Waals surface area contributed by atoms with Crippen LogP contribution in [0.5, 0.6) is 0 Å². The van der Waals surface area contributed by atoms with Gasteiger partial charge in [-0.3, -0.25) is 14.6 Å². The van der Waals surface area contributed by atoms with Crippen LogP contribution in [0, 0.1) is 0 Å². The molecular weight excluding hydrogens is 472 g/mol. The molecule has 4 aromatic rings. The van der Waals surface area contributed by atoms with Gasteiger partial charge >= 0.3 is 0 Å². The molecule has 1 aliphatic rings. The molecule has 2 amide bonds. The minimum atomic E-state index is -0.0620. The van der Waals surface area contributed by atoms with Crippen LogP contribution < -0.4 is 5.32 Å².